The van der Waals surface area contributed by atoms with E-state index in [9.17, 15) is 20.4 Å². The second-order valence-corrected chi connectivity index (χ2v) is 7.09. The second kappa shape index (κ2) is 10.2. The third-order valence-electron chi connectivity index (χ3n) is 4.88. The molecule has 0 aliphatic rings. The third kappa shape index (κ3) is 6.04. The van der Waals surface area contributed by atoms with E-state index in [0.717, 1.165) is 16.7 Å². The molecule has 2 rings (SSSR count). The zero-order valence-electron chi connectivity index (χ0n) is 16.7. The molecule has 2 aromatic carbocycles. The maximum absolute atomic E-state index is 10.3. The molecule has 0 heterocycles. The van der Waals surface area contributed by atoms with Gasteiger partial charge in [0.2, 0.25) is 5.75 Å². The molecule has 0 saturated carbocycles. The van der Waals surface area contributed by atoms with Crippen molar-refractivity contribution in [2.45, 2.75) is 51.2 Å². The Kier molecular flexibility index (Phi) is 7.96. The number of methoxy groups -OCH3 is 2. The van der Waals surface area contributed by atoms with Gasteiger partial charge in [0.1, 0.15) is 5.75 Å². The molecule has 0 unspecified atom stereocenters. The van der Waals surface area contributed by atoms with E-state index >= 15 is 0 Å². The lowest BCUT2D eigenvalue weighted by Gasteiger charge is -2.17. The van der Waals surface area contributed by atoms with Crippen molar-refractivity contribution in [2.75, 3.05) is 14.2 Å². The number of phenolic OH excluding ortho intramolecular Hbond substituents is 2. The number of aryl methyl sites for hydroxylation is 3. The molecule has 2 atom stereocenters. The Hall–Kier alpha value is -2.44. The van der Waals surface area contributed by atoms with Crippen LogP contribution < -0.4 is 9.47 Å². The number of rotatable bonds is 10. The lowest BCUT2D eigenvalue weighted by molar-refractivity contribution is 0.0714. The first-order chi connectivity index (χ1) is 13.3. The van der Waals surface area contributed by atoms with Crippen LogP contribution in [0.3, 0.4) is 0 Å². The van der Waals surface area contributed by atoms with Crippen molar-refractivity contribution in [3.8, 4) is 23.0 Å². The zero-order valence-corrected chi connectivity index (χ0v) is 16.7. The smallest absolute Gasteiger partial charge is 0.200 e. The second-order valence-electron chi connectivity index (χ2n) is 7.09. The van der Waals surface area contributed by atoms with E-state index in [-0.39, 0.29) is 11.5 Å². The molecule has 6 heteroatoms. The van der Waals surface area contributed by atoms with Crippen LogP contribution in [0.4, 0.5) is 0 Å². The van der Waals surface area contributed by atoms with Gasteiger partial charge in [0.15, 0.2) is 11.5 Å². The van der Waals surface area contributed by atoms with E-state index in [1.165, 1.54) is 14.2 Å². The highest BCUT2D eigenvalue weighted by molar-refractivity contribution is 5.52. The molecule has 0 saturated heterocycles. The fraction of sp³-hybridized carbons (Fsp3) is 0.455. The summed E-state index contributed by atoms with van der Waals surface area (Å²) in [5.41, 5.74) is 2.73. The SMILES string of the molecule is COc1cc(CC[C@@H](O)C[C@@H](O)CCc2ccc(O)c(C)c2)cc(OC)c1O. The predicted octanol–water partition coefficient (Wildman–Crippen LogP) is 3.10. The highest BCUT2D eigenvalue weighted by Crippen LogP contribution is 2.37. The summed E-state index contributed by atoms with van der Waals surface area (Å²) in [5, 5.41) is 40.0. The van der Waals surface area contributed by atoms with Crippen LogP contribution in [0.15, 0.2) is 30.3 Å². The van der Waals surface area contributed by atoms with E-state index < -0.39 is 12.2 Å². The molecule has 0 radical (unpaired) electrons. The Balaban J connectivity index is 1.83. The van der Waals surface area contributed by atoms with Gasteiger partial charge < -0.3 is 29.9 Å². The number of hydrogen-bond acceptors (Lipinski definition) is 6. The average molecular weight is 390 g/mol. The molecule has 0 aliphatic carbocycles. The van der Waals surface area contributed by atoms with E-state index in [0.29, 0.717) is 43.6 Å². The van der Waals surface area contributed by atoms with Gasteiger partial charge in [0, 0.05) is 0 Å². The van der Waals surface area contributed by atoms with Crippen LogP contribution in [0.25, 0.3) is 0 Å². The van der Waals surface area contributed by atoms with Crippen molar-refractivity contribution in [2.24, 2.45) is 0 Å². The molecule has 6 nitrogen and oxygen atoms in total. The van der Waals surface area contributed by atoms with Crippen LogP contribution in [0, 0.1) is 6.92 Å². The monoisotopic (exact) mass is 390 g/mol. The van der Waals surface area contributed by atoms with Crippen LogP contribution >= 0.6 is 0 Å². The molecule has 0 aliphatic heterocycles. The number of aliphatic hydroxyl groups excluding tert-OH is 2. The van der Waals surface area contributed by atoms with E-state index in [2.05, 4.69) is 0 Å². The number of hydrogen-bond donors (Lipinski definition) is 4. The summed E-state index contributed by atoms with van der Waals surface area (Å²) in [6, 6.07) is 8.84. The molecule has 4 N–H and O–H groups in total. The standard InChI is InChI=1S/C22H30O6/c1-14-10-15(6-9-19(14)25)4-7-17(23)13-18(24)8-5-16-11-20(27-2)22(26)21(12-16)28-3/h6,9-12,17-18,23-26H,4-5,7-8,13H2,1-3H3/t17-,18+/m0/s1. The number of ether oxygens (including phenoxy) is 2. The molecule has 0 amide bonds. The van der Waals surface area contributed by atoms with Gasteiger partial charge in [-0.1, -0.05) is 12.1 Å². The molecular formula is C22H30O6. The molecule has 0 bridgehead atoms. The maximum Gasteiger partial charge on any atom is 0.200 e. The number of aromatic hydroxyl groups is 2. The molecule has 0 fully saturated rings. The highest BCUT2D eigenvalue weighted by atomic mass is 16.5. The first-order valence-corrected chi connectivity index (χ1v) is 9.42. The molecule has 0 aromatic heterocycles. The minimum absolute atomic E-state index is 0.0470. The fourth-order valence-corrected chi connectivity index (χ4v) is 3.18. The lowest BCUT2D eigenvalue weighted by Crippen LogP contribution is -2.19. The van der Waals surface area contributed by atoms with Gasteiger partial charge in [-0.15, -0.1) is 0 Å². The summed E-state index contributed by atoms with van der Waals surface area (Å²) in [5.74, 6) is 0.873. The minimum atomic E-state index is -0.637. The van der Waals surface area contributed by atoms with Gasteiger partial charge >= 0.3 is 0 Å². The summed E-state index contributed by atoms with van der Waals surface area (Å²) in [6.45, 7) is 1.84. The van der Waals surface area contributed by atoms with Gasteiger partial charge in [-0.25, -0.2) is 0 Å². The third-order valence-corrected chi connectivity index (χ3v) is 4.88. The van der Waals surface area contributed by atoms with Gasteiger partial charge in [-0.05, 0) is 73.9 Å². The summed E-state index contributed by atoms with van der Waals surface area (Å²) in [6.07, 6.45) is 1.33. The summed E-state index contributed by atoms with van der Waals surface area (Å²) in [7, 11) is 2.94. The largest absolute Gasteiger partial charge is 0.508 e. The van der Waals surface area contributed by atoms with Crippen LogP contribution in [0.1, 0.15) is 36.0 Å². The van der Waals surface area contributed by atoms with Crippen molar-refractivity contribution < 1.29 is 29.9 Å². The summed E-state index contributed by atoms with van der Waals surface area (Å²) in [4.78, 5) is 0. The Labute approximate surface area is 166 Å². The minimum Gasteiger partial charge on any atom is -0.508 e. The first kappa shape index (κ1) is 21.9. The molecule has 2 aromatic rings. The Morgan fingerprint density at radius 2 is 1.36 bits per heavy atom. The predicted molar refractivity (Wildman–Crippen MR) is 107 cm³/mol. The summed E-state index contributed by atoms with van der Waals surface area (Å²) < 4.78 is 10.3. The van der Waals surface area contributed by atoms with E-state index in [1.54, 1.807) is 18.2 Å². The molecule has 0 spiro atoms. The lowest BCUT2D eigenvalue weighted by atomic mass is 9.98. The Morgan fingerprint density at radius 3 is 1.86 bits per heavy atom. The normalized spacial score (nSPS) is 13.2. The Morgan fingerprint density at radius 1 is 0.821 bits per heavy atom. The van der Waals surface area contributed by atoms with Gasteiger partial charge in [-0.2, -0.15) is 0 Å². The van der Waals surface area contributed by atoms with Crippen LogP contribution in [0.5, 0.6) is 23.0 Å². The van der Waals surface area contributed by atoms with Crippen molar-refractivity contribution in [1.29, 1.82) is 0 Å². The number of benzene rings is 2. The van der Waals surface area contributed by atoms with E-state index in [4.69, 9.17) is 9.47 Å². The zero-order chi connectivity index (χ0) is 20.7. The van der Waals surface area contributed by atoms with Crippen molar-refractivity contribution in [3.05, 3.63) is 47.0 Å². The van der Waals surface area contributed by atoms with Crippen molar-refractivity contribution >= 4 is 0 Å². The van der Waals surface area contributed by atoms with Gasteiger partial charge in [0.05, 0.1) is 26.4 Å². The summed E-state index contributed by atoms with van der Waals surface area (Å²) >= 11 is 0. The highest BCUT2D eigenvalue weighted by Gasteiger charge is 2.15. The average Bonchev–Trinajstić information content (AvgIpc) is 2.68. The number of aliphatic hydroxyl groups is 2. The van der Waals surface area contributed by atoms with Gasteiger partial charge in [0.25, 0.3) is 0 Å². The fourth-order valence-electron chi connectivity index (χ4n) is 3.18. The van der Waals surface area contributed by atoms with E-state index in [1.807, 2.05) is 19.1 Å². The Bertz CT molecular complexity index is 749. The van der Waals surface area contributed by atoms with Crippen LogP contribution in [0.2, 0.25) is 0 Å². The van der Waals surface area contributed by atoms with Crippen LogP contribution in [-0.2, 0) is 12.8 Å². The van der Waals surface area contributed by atoms with Crippen LogP contribution in [-0.4, -0.2) is 46.9 Å². The molecule has 154 valence electrons. The van der Waals surface area contributed by atoms with Crippen molar-refractivity contribution in [1.82, 2.24) is 0 Å². The van der Waals surface area contributed by atoms with Crippen molar-refractivity contribution in [3.63, 3.8) is 0 Å². The topological polar surface area (TPSA) is 99.4 Å². The number of phenols is 2. The first-order valence-electron chi connectivity index (χ1n) is 9.42. The maximum atomic E-state index is 10.3. The molecular weight excluding hydrogens is 360 g/mol. The quantitative estimate of drug-likeness (QED) is 0.498. The van der Waals surface area contributed by atoms with Gasteiger partial charge in [-0.3, -0.25) is 0 Å². The molecule has 28 heavy (non-hydrogen) atoms.